The lowest BCUT2D eigenvalue weighted by Crippen LogP contribution is -2.03. The van der Waals surface area contributed by atoms with E-state index in [1.54, 1.807) is 12.1 Å². The summed E-state index contributed by atoms with van der Waals surface area (Å²) in [6.07, 6.45) is 1.33. The molecule has 1 aromatic carbocycles. The second kappa shape index (κ2) is 3.57. The average Bonchev–Trinajstić information content (AvgIpc) is 2.18. The highest BCUT2D eigenvalue weighted by Crippen LogP contribution is 2.17. The number of carbonyl (C=O) groups is 1. The van der Waals surface area contributed by atoms with E-state index in [0.717, 1.165) is 0 Å². The van der Waals surface area contributed by atoms with Crippen molar-refractivity contribution >= 4 is 16.9 Å². The van der Waals surface area contributed by atoms with Gasteiger partial charge in [-0.2, -0.15) is 0 Å². The van der Waals surface area contributed by atoms with E-state index in [4.69, 9.17) is 9.15 Å². The van der Waals surface area contributed by atoms with Crippen LogP contribution in [0.1, 0.15) is 6.92 Å². The molecule has 0 unspecified atom stereocenters. The third-order valence-electron chi connectivity index (χ3n) is 1.89. The van der Waals surface area contributed by atoms with Crippen LogP contribution in [0.2, 0.25) is 0 Å². The van der Waals surface area contributed by atoms with E-state index in [9.17, 15) is 9.59 Å². The molecule has 76 valence electrons. The maximum absolute atomic E-state index is 11.4. The molecule has 2 aromatic rings. The summed E-state index contributed by atoms with van der Waals surface area (Å²) in [6.45, 7) is 1.30. The van der Waals surface area contributed by atoms with Gasteiger partial charge in [0.1, 0.15) is 11.3 Å². The molecule has 15 heavy (non-hydrogen) atoms. The van der Waals surface area contributed by atoms with Gasteiger partial charge in [-0.1, -0.05) is 0 Å². The smallest absolute Gasteiger partial charge is 0.308 e. The summed E-state index contributed by atoms with van der Waals surface area (Å²) in [4.78, 5) is 22.1. The van der Waals surface area contributed by atoms with Crippen molar-refractivity contribution in [1.29, 1.82) is 0 Å². The van der Waals surface area contributed by atoms with Gasteiger partial charge in [-0.05, 0) is 18.2 Å². The predicted molar refractivity (Wildman–Crippen MR) is 53.8 cm³/mol. The summed E-state index contributed by atoms with van der Waals surface area (Å²) >= 11 is 0. The Morgan fingerprint density at radius 1 is 1.33 bits per heavy atom. The quantitative estimate of drug-likeness (QED) is 0.524. The van der Waals surface area contributed by atoms with Gasteiger partial charge in [0.25, 0.3) is 0 Å². The molecule has 0 aliphatic carbocycles. The Morgan fingerprint density at radius 3 is 2.87 bits per heavy atom. The van der Waals surface area contributed by atoms with Crippen LogP contribution in [0.15, 0.2) is 39.7 Å². The number of hydrogen-bond acceptors (Lipinski definition) is 4. The van der Waals surface area contributed by atoms with Gasteiger partial charge < -0.3 is 9.15 Å². The van der Waals surface area contributed by atoms with Crippen molar-refractivity contribution in [3.63, 3.8) is 0 Å². The lowest BCUT2D eigenvalue weighted by atomic mass is 10.2. The molecule has 1 heterocycles. The van der Waals surface area contributed by atoms with Crippen molar-refractivity contribution in [2.75, 3.05) is 0 Å². The Balaban J connectivity index is 2.59. The highest BCUT2D eigenvalue weighted by molar-refractivity contribution is 5.79. The molecule has 0 N–H and O–H groups in total. The van der Waals surface area contributed by atoms with Gasteiger partial charge in [0.2, 0.25) is 0 Å². The first-order valence-corrected chi connectivity index (χ1v) is 4.37. The van der Waals surface area contributed by atoms with E-state index in [0.29, 0.717) is 16.7 Å². The molecule has 0 fully saturated rings. The van der Waals surface area contributed by atoms with Gasteiger partial charge in [0.05, 0.1) is 11.6 Å². The monoisotopic (exact) mass is 204 g/mol. The zero-order valence-corrected chi connectivity index (χ0v) is 8.02. The molecule has 0 spiro atoms. The van der Waals surface area contributed by atoms with Gasteiger partial charge in [-0.3, -0.25) is 9.59 Å². The van der Waals surface area contributed by atoms with Crippen LogP contribution >= 0.6 is 0 Å². The predicted octanol–water partition coefficient (Wildman–Crippen LogP) is 1.72. The summed E-state index contributed by atoms with van der Waals surface area (Å²) in [5.74, 6) is -0.0804. The molecule has 0 saturated heterocycles. The van der Waals surface area contributed by atoms with Gasteiger partial charge in [0, 0.05) is 13.0 Å². The highest BCUT2D eigenvalue weighted by Gasteiger charge is 2.03. The number of ether oxygens (including phenoxy) is 1. The fraction of sp³-hybridized carbons (Fsp3) is 0.0909. The molecular formula is C11H8O4. The average molecular weight is 204 g/mol. The summed E-state index contributed by atoms with van der Waals surface area (Å²) in [7, 11) is 0. The van der Waals surface area contributed by atoms with E-state index >= 15 is 0 Å². The molecule has 2 rings (SSSR count). The number of esters is 1. The molecule has 0 aliphatic heterocycles. The van der Waals surface area contributed by atoms with Gasteiger partial charge in [-0.25, -0.2) is 0 Å². The van der Waals surface area contributed by atoms with E-state index in [1.165, 1.54) is 25.3 Å². The summed E-state index contributed by atoms with van der Waals surface area (Å²) in [5, 5.41) is 0.399. The lowest BCUT2D eigenvalue weighted by Gasteiger charge is -2.01. The number of rotatable bonds is 1. The molecule has 0 aliphatic rings. The van der Waals surface area contributed by atoms with Crippen molar-refractivity contribution in [1.82, 2.24) is 0 Å². The minimum atomic E-state index is -0.422. The van der Waals surface area contributed by atoms with Crippen LogP contribution in [-0.2, 0) is 4.79 Å². The number of fused-ring (bicyclic) bond motifs is 1. The van der Waals surface area contributed by atoms with E-state index in [-0.39, 0.29) is 5.43 Å². The fourth-order valence-electron chi connectivity index (χ4n) is 1.29. The fourth-order valence-corrected chi connectivity index (χ4v) is 1.29. The zero-order chi connectivity index (χ0) is 10.8. The third kappa shape index (κ3) is 1.88. The Kier molecular flexibility index (Phi) is 2.25. The van der Waals surface area contributed by atoms with Crippen LogP contribution in [0.25, 0.3) is 11.0 Å². The van der Waals surface area contributed by atoms with Gasteiger partial charge in [-0.15, -0.1) is 0 Å². The van der Waals surface area contributed by atoms with Crippen LogP contribution in [0.3, 0.4) is 0 Å². The Labute approximate surface area is 85.1 Å². The number of hydrogen-bond donors (Lipinski definition) is 0. The Morgan fingerprint density at radius 2 is 2.13 bits per heavy atom. The van der Waals surface area contributed by atoms with Crippen LogP contribution < -0.4 is 10.2 Å². The second-order valence-corrected chi connectivity index (χ2v) is 3.04. The van der Waals surface area contributed by atoms with Crippen molar-refractivity contribution in [3.8, 4) is 5.75 Å². The van der Waals surface area contributed by atoms with Gasteiger partial charge in [0.15, 0.2) is 5.43 Å². The second-order valence-electron chi connectivity index (χ2n) is 3.04. The van der Waals surface area contributed by atoms with Crippen molar-refractivity contribution in [3.05, 3.63) is 40.8 Å². The maximum atomic E-state index is 11.4. The first kappa shape index (κ1) is 9.45. The number of carbonyl (C=O) groups excluding carboxylic acids is 1. The highest BCUT2D eigenvalue weighted by atomic mass is 16.5. The lowest BCUT2D eigenvalue weighted by molar-refractivity contribution is -0.131. The molecule has 1 aromatic heterocycles. The molecule has 0 amide bonds. The van der Waals surface area contributed by atoms with E-state index in [2.05, 4.69) is 0 Å². The summed E-state index contributed by atoms with van der Waals surface area (Å²) in [6, 6.07) is 5.98. The molecule has 0 radical (unpaired) electrons. The molecule has 4 heteroatoms. The number of benzene rings is 1. The molecule has 0 saturated carbocycles. The topological polar surface area (TPSA) is 56.5 Å². The van der Waals surface area contributed by atoms with Crippen LogP contribution in [-0.4, -0.2) is 5.97 Å². The first-order chi connectivity index (χ1) is 7.16. The minimum absolute atomic E-state index is 0.162. The maximum Gasteiger partial charge on any atom is 0.308 e. The standard InChI is InChI=1S/C11H8O4/c1-7(12)15-8-2-3-11-9(6-8)10(13)4-5-14-11/h2-6H,1H3. The van der Waals surface area contributed by atoms with E-state index in [1.807, 2.05) is 0 Å². The Hall–Kier alpha value is -2.10. The molecule has 4 nitrogen and oxygen atoms in total. The molecular weight excluding hydrogens is 196 g/mol. The van der Waals surface area contributed by atoms with Crippen LogP contribution in [0, 0.1) is 0 Å². The normalized spacial score (nSPS) is 10.2. The van der Waals surface area contributed by atoms with E-state index < -0.39 is 5.97 Å². The van der Waals surface area contributed by atoms with Crippen LogP contribution in [0.5, 0.6) is 5.75 Å². The molecule has 0 atom stereocenters. The Bertz CT molecular complexity index is 568. The van der Waals surface area contributed by atoms with Crippen molar-refractivity contribution < 1.29 is 13.9 Å². The minimum Gasteiger partial charge on any atom is -0.464 e. The first-order valence-electron chi connectivity index (χ1n) is 4.37. The van der Waals surface area contributed by atoms with Gasteiger partial charge >= 0.3 is 5.97 Å². The largest absolute Gasteiger partial charge is 0.464 e. The summed E-state index contributed by atoms with van der Waals surface area (Å²) in [5.41, 5.74) is 0.309. The molecule has 0 bridgehead atoms. The van der Waals surface area contributed by atoms with Crippen LogP contribution in [0.4, 0.5) is 0 Å². The SMILES string of the molecule is CC(=O)Oc1ccc2occc(=O)c2c1. The zero-order valence-electron chi connectivity index (χ0n) is 8.02. The third-order valence-corrected chi connectivity index (χ3v) is 1.89. The summed E-state index contributed by atoms with van der Waals surface area (Å²) < 4.78 is 9.97. The van der Waals surface area contributed by atoms with Crippen molar-refractivity contribution in [2.24, 2.45) is 0 Å². The van der Waals surface area contributed by atoms with Crippen molar-refractivity contribution in [2.45, 2.75) is 6.92 Å².